The molecule has 8 nitrogen and oxygen atoms in total. The lowest BCUT2D eigenvalue weighted by Crippen LogP contribution is -2.63. The van der Waals surface area contributed by atoms with Crippen LogP contribution in [-0.2, 0) is 20.8 Å². The van der Waals surface area contributed by atoms with Gasteiger partial charge in [0.15, 0.2) is 0 Å². The van der Waals surface area contributed by atoms with Gasteiger partial charge in [0.1, 0.15) is 5.54 Å². The van der Waals surface area contributed by atoms with Crippen molar-refractivity contribution in [2.24, 2.45) is 0 Å². The van der Waals surface area contributed by atoms with Gasteiger partial charge < -0.3 is 25.7 Å². The minimum absolute atomic E-state index is 0.107. The van der Waals surface area contributed by atoms with E-state index in [-0.39, 0.29) is 30.7 Å². The zero-order chi connectivity index (χ0) is 24.5. The number of piperidine rings is 1. The Morgan fingerprint density at radius 2 is 1.74 bits per heavy atom. The maximum absolute atomic E-state index is 13.1. The Morgan fingerprint density at radius 1 is 0.971 bits per heavy atom. The van der Waals surface area contributed by atoms with E-state index in [0.717, 1.165) is 21.9 Å². The maximum Gasteiger partial charge on any atom is 0.245 e. The van der Waals surface area contributed by atoms with Gasteiger partial charge in [0.2, 0.25) is 17.7 Å². The molecule has 1 aliphatic rings. The Balaban J connectivity index is 1.27. The zero-order valence-electron chi connectivity index (χ0n) is 19.5. The van der Waals surface area contributed by atoms with E-state index in [0.29, 0.717) is 32.5 Å². The van der Waals surface area contributed by atoms with E-state index < -0.39 is 5.54 Å². The summed E-state index contributed by atoms with van der Waals surface area (Å²) in [6, 6.07) is 15.6. The smallest absolute Gasteiger partial charge is 0.245 e. The van der Waals surface area contributed by atoms with Gasteiger partial charge >= 0.3 is 0 Å². The number of amides is 3. The monoisotopic (exact) mass is 474 g/mol. The first kappa shape index (κ1) is 24.2. The number of fused-ring (bicyclic) bond motifs is 1. The van der Waals surface area contributed by atoms with E-state index in [4.69, 9.17) is 4.42 Å². The summed E-state index contributed by atoms with van der Waals surface area (Å²) >= 11 is 0. The Kier molecular flexibility index (Phi) is 7.95. The predicted molar refractivity (Wildman–Crippen MR) is 134 cm³/mol. The molecule has 0 bridgehead atoms. The minimum Gasteiger partial charge on any atom is -0.472 e. The Bertz CT molecular complexity index is 1190. The lowest BCUT2D eigenvalue weighted by Gasteiger charge is -2.36. The van der Waals surface area contributed by atoms with Gasteiger partial charge in [-0.1, -0.05) is 42.5 Å². The lowest BCUT2D eigenvalue weighted by molar-refractivity contribution is -0.133. The molecule has 0 atom stereocenters. The highest BCUT2D eigenvalue weighted by atomic mass is 16.3. The molecule has 2 aromatic carbocycles. The van der Waals surface area contributed by atoms with Crippen molar-refractivity contribution in [1.82, 2.24) is 21.3 Å². The second-order valence-electron chi connectivity index (χ2n) is 8.63. The molecule has 182 valence electrons. The first-order valence-electron chi connectivity index (χ1n) is 11.8. The van der Waals surface area contributed by atoms with Crippen LogP contribution < -0.4 is 21.3 Å². The number of nitrogens with one attached hydrogen (secondary N) is 4. The van der Waals surface area contributed by atoms with Gasteiger partial charge in [-0.25, -0.2) is 0 Å². The van der Waals surface area contributed by atoms with Crippen molar-refractivity contribution >= 4 is 34.6 Å². The number of benzene rings is 2. The second kappa shape index (κ2) is 11.5. The van der Waals surface area contributed by atoms with Crippen molar-refractivity contribution in [3.05, 3.63) is 78.3 Å². The highest BCUT2D eigenvalue weighted by molar-refractivity contribution is 5.97. The van der Waals surface area contributed by atoms with Crippen molar-refractivity contribution in [2.75, 3.05) is 26.2 Å². The van der Waals surface area contributed by atoms with Crippen LogP contribution >= 0.6 is 0 Å². The van der Waals surface area contributed by atoms with Crippen LogP contribution in [-0.4, -0.2) is 49.4 Å². The van der Waals surface area contributed by atoms with Crippen LogP contribution in [0.3, 0.4) is 0 Å². The molecule has 0 spiro atoms. The van der Waals surface area contributed by atoms with Crippen LogP contribution in [0.1, 0.15) is 24.0 Å². The minimum atomic E-state index is -0.990. The van der Waals surface area contributed by atoms with Gasteiger partial charge in [-0.05, 0) is 54.4 Å². The largest absolute Gasteiger partial charge is 0.472 e. The summed E-state index contributed by atoms with van der Waals surface area (Å²) in [7, 11) is 0. The average molecular weight is 475 g/mol. The number of carbonyl (C=O) groups is 3. The quantitative estimate of drug-likeness (QED) is 0.281. The molecule has 0 aliphatic carbocycles. The standard InChI is InChI=1S/C27H30N4O4/c32-24(9-8-20-10-17-35-19-20)31-27(11-13-28-14-12-27)26(34)30-16-15-29-25(33)18-22-6-3-5-21-4-1-2-7-23(21)22/h1-10,17,19,28H,11-16,18H2,(H,29,33)(H,30,34)(H,31,32)/b9-8+. The average Bonchev–Trinajstić information content (AvgIpc) is 3.40. The maximum atomic E-state index is 13.1. The lowest BCUT2D eigenvalue weighted by atomic mass is 9.87. The van der Waals surface area contributed by atoms with E-state index in [1.807, 2.05) is 42.5 Å². The molecule has 8 heteroatoms. The van der Waals surface area contributed by atoms with Crippen LogP contribution in [0.2, 0.25) is 0 Å². The highest BCUT2D eigenvalue weighted by Crippen LogP contribution is 2.20. The third-order valence-electron chi connectivity index (χ3n) is 6.19. The summed E-state index contributed by atoms with van der Waals surface area (Å²) in [6.07, 6.45) is 7.33. The van der Waals surface area contributed by atoms with Crippen LogP contribution in [0, 0.1) is 0 Å². The molecular formula is C27H30N4O4. The number of carbonyl (C=O) groups excluding carboxylic acids is 3. The third-order valence-corrected chi connectivity index (χ3v) is 6.19. The fourth-order valence-electron chi connectivity index (χ4n) is 4.31. The molecule has 1 aromatic heterocycles. The molecule has 1 saturated heterocycles. The Morgan fingerprint density at radius 3 is 2.54 bits per heavy atom. The molecule has 35 heavy (non-hydrogen) atoms. The van der Waals surface area contributed by atoms with Crippen molar-refractivity contribution in [1.29, 1.82) is 0 Å². The first-order valence-corrected chi connectivity index (χ1v) is 11.8. The summed E-state index contributed by atoms with van der Waals surface area (Å²) in [5.41, 5.74) is 0.739. The van der Waals surface area contributed by atoms with E-state index in [2.05, 4.69) is 21.3 Å². The van der Waals surface area contributed by atoms with Crippen LogP contribution in [0.25, 0.3) is 16.8 Å². The number of rotatable bonds is 9. The van der Waals surface area contributed by atoms with Gasteiger partial charge in [-0.2, -0.15) is 0 Å². The molecule has 0 saturated carbocycles. The van der Waals surface area contributed by atoms with Gasteiger partial charge in [-0.3, -0.25) is 14.4 Å². The summed E-state index contributed by atoms with van der Waals surface area (Å²) < 4.78 is 4.99. The van der Waals surface area contributed by atoms with E-state index in [1.54, 1.807) is 12.1 Å². The van der Waals surface area contributed by atoms with Crippen molar-refractivity contribution in [2.45, 2.75) is 24.8 Å². The highest BCUT2D eigenvalue weighted by Gasteiger charge is 2.40. The van der Waals surface area contributed by atoms with E-state index >= 15 is 0 Å². The molecule has 0 radical (unpaired) electrons. The van der Waals surface area contributed by atoms with Crippen LogP contribution in [0.5, 0.6) is 0 Å². The molecule has 0 unspecified atom stereocenters. The molecule has 4 rings (SSSR count). The van der Waals surface area contributed by atoms with E-state index in [9.17, 15) is 14.4 Å². The van der Waals surface area contributed by atoms with Gasteiger partial charge in [-0.15, -0.1) is 0 Å². The number of hydrogen-bond donors (Lipinski definition) is 4. The Hall–Kier alpha value is -3.91. The summed E-state index contributed by atoms with van der Waals surface area (Å²) in [4.78, 5) is 38.1. The summed E-state index contributed by atoms with van der Waals surface area (Å²) in [5.74, 6) is -0.691. The van der Waals surface area contributed by atoms with Crippen LogP contribution in [0.15, 0.2) is 71.6 Å². The third kappa shape index (κ3) is 6.36. The van der Waals surface area contributed by atoms with E-state index in [1.165, 1.54) is 18.6 Å². The molecule has 3 aromatic rings. The van der Waals surface area contributed by atoms with Gasteiger partial charge in [0, 0.05) is 24.7 Å². The first-order chi connectivity index (χ1) is 17.1. The molecular weight excluding hydrogens is 444 g/mol. The molecule has 4 N–H and O–H groups in total. The fraction of sp³-hybridized carbons (Fsp3) is 0.296. The number of hydrogen-bond acceptors (Lipinski definition) is 5. The second-order valence-corrected chi connectivity index (χ2v) is 8.63. The summed E-state index contributed by atoms with van der Waals surface area (Å²) in [5, 5.41) is 14.0. The fourth-order valence-corrected chi connectivity index (χ4v) is 4.31. The topological polar surface area (TPSA) is 112 Å². The molecule has 1 aliphatic heterocycles. The van der Waals surface area contributed by atoms with Crippen molar-refractivity contribution < 1.29 is 18.8 Å². The predicted octanol–water partition coefficient (Wildman–Crippen LogP) is 2.16. The normalized spacial score (nSPS) is 15.1. The van der Waals surface area contributed by atoms with Crippen molar-refractivity contribution in [3.63, 3.8) is 0 Å². The van der Waals surface area contributed by atoms with Gasteiger partial charge in [0.05, 0.1) is 18.9 Å². The van der Waals surface area contributed by atoms with Crippen molar-refractivity contribution in [3.8, 4) is 0 Å². The molecule has 2 heterocycles. The van der Waals surface area contributed by atoms with Gasteiger partial charge in [0.25, 0.3) is 0 Å². The van der Waals surface area contributed by atoms with Crippen LogP contribution in [0.4, 0.5) is 0 Å². The molecule has 1 fully saturated rings. The Labute approximate surface area is 204 Å². The zero-order valence-corrected chi connectivity index (χ0v) is 19.5. The molecule has 3 amide bonds. The summed E-state index contributed by atoms with van der Waals surface area (Å²) in [6.45, 7) is 1.83. The number of furan rings is 1. The SMILES string of the molecule is O=C(/C=C/c1ccoc1)NC1(C(=O)NCCNC(=O)Cc2cccc3ccccc23)CCNCC1.